The molecule has 0 spiro atoms. The van der Waals surface area contributed by atoms with Crippen molar-refractivity contribution in [1.82, 2.24) is 15.1 Å². The highest BCUT2D eigenvalue weighted by molar-refractivity contribution is 5.94. The van der Waals surface area contributed by atoms with E-state index in [9.17, 15) is 4.79 Å². The van der Waals surface area contributed by atoms with Gasteiger partial charge in [-0.05, 0) is 70.0 Å². The fourth-order valence-corrected chi connectivity index (χ4v) is 3.61. The van der Waals surface area contributed by atoms with Crippen molar-refractivity contribution in [3.63, 3.8) is 0 Å². The van der Waals surface area contributed by atoms with E-state index in [2.05, 4.69) is 16.5 Å². The molecule has 1 unspecified atom stereocenters. The number of nitrogens with zero attached hydrogens (tertiary/aromatic N) is 2. The summed E-state index contributed by atoms with van der Waals surface area (Å²) in [5.41, 5.74) is 5.66. The fraction of sp³-hybridized carbons (Fsp3) is 0.360. The van der Waals surface area contributed by atoms with Crippen LogP contribution < -0.4 is 14.8 Å². The second kappa shape index (κ2) is 9.69. The Balaban J connectivity index is 1.76. The van der Waals surface area contributed by atoms with E-state index < -0.39 is 0 Å². The van der Waals surface area contributed by atoms with Crippen LogP contribution in [-0.2, 0) is 13.2 Å². The molecule has 164 valence electrons. The van der Waals surface area contributed by atoms with Crippen LogP contribution in [0.2, 0.25) is 0 Å². The molecule has 31 heavy (non-hydrogen) atoms. The van der Waals surface area contributed by atoms with Gasteiger partial charge in [-0.1, -0.05) is 12.1 Å². The fourth-order valence-electron chi connectivity index (χ4n) is 3.61. The van der Waals surface area contributed by atoms with Crippen LogP contribution in [0.25, 0.3) is 0 Å². The van der Waals surface area contributed by atoms with Gasteiger partial charge >= 0.3 is 0 Å². The first-order valence-electron chi connectivity index (χ1n) is 10.5. The number of carbonyl (C=O) groups excluding carboxylic acids is 1. The third-order valence-corrected chi connectivity index (χ3v) is 5.52. The third kappa shape index (κ3) is 5.08. The number of ether oxygens (including phenoxy) is 2. The van der Waals surface area contributed by atoms with Gasteiger partial charge in [0.1, 0.15) is 18.1 Å². The van der Waals surface area contributed by atoms with Gasteiger partial charge in [-0.2, -0.15) is 5.10 Å². The first kappa shape index (κ1) is 22.4. The average molecular weight is 422 g/mol. The summed E-state index contributed by atoms with van der Waals surface area (Å²) in [6.45, 7) is 11.2. The molecule has 3 aromatic rings. The van der Waals surface area contributed by atoms with E-state index in [1.807, 2.05) is 69.8 Å². The van der Waals surface area contributed by atoms with Crippen LogP contribution in [0.3, 0.4) is 0 Å². The van der Waals surface area contributed by atoms with Gasteiger partial charge in [0.25, 0.3) is 5.91 Å². The molecule has 0 aliphatic carbocycles. The van der Waals surface area contributed by atoms with Crippen molar-refractivity contribution >= 4 is 5.91 Å². The van der Waals surface area contributed by atoms with Crippen molar-refractivity contribution in [2.75, 3.05) is 7.11 Å². The number of amides is 1. The van der Waals surface area contributed by atoms with E-state index in [1.54, 1.807) is 13.2 Å². The Kier molecular flexibility index (Phi) is 7.00. The van der Waals surface area contributed by atoms with Crippen LogP contribution in [0.4, 0.5) is 0 Å². The van der Waals surface area contributed by atoms with Gasteiger partial charge in [0.2, 0.25) is 0 Å². The number of benzene rings is 2. The topological polar surface area (TPSA) is 65.4 Å². The number of rotatable bonds is 8. The molecule has 0 aliphatic heterocycles. The summed E-state index contributed by atoms with van der Waals surface area (Å²) in [5.74, 6) is 1.37. The van der Waals surface area contributed by atoms with Gasteiger partial charge < -0.3 is 14.8 Å². The zero-order chi connectivity index (χ0) is 22.5. The molecular formula is C25H31N3O3. The van der Waals surface area contributed by atoms with Crippen molar-refractivity contribution in [3.05, 3.63) is 76.1 Å². The minimum absolute atomic E-state index is 0.146. The van der Waals surface area contributed by atoms with E-state index in [1.165, 1.54) is 0 Å². The standard InChI is InChI=1S/C25H31N3O3/c1-7-28-19(5)22(14-26-28)18(4)27-25(29)20-10-11-23(30-6)21(13-20)15-31-24-12-16(2)8-9-17(24)3/h8-14,18H,7,15H2,1-6H3,(H,27,29). The van der Waals surface area contributed by atoms with Crippen LogP contribution in [0.5, 0.6) is 11.5 Å². The van der Waals surface area contributed by atoms with E-state index in [-0.39, 0.29) is 11.9 Å². The molecule has 0 radical (unpaired) electrons. The van der Waals surface area contributed by atoms with Crippen LogP contribution in [0, 0.1) is 20.8 Å². The maximum atomic E-state index is 12.9. The molecule has 1 atom stereocenters. The van der Waals surface area contributed by atoms with Gasteiger partial charge in [-0.3, -0.25) is 9.48 Å². The van der Waals surface area contributed by atoms with Gasteiger partial charge in [0.05, 0.1) is 19.3 Å². The summed E-state index contributed by atoms with van der Waals surface area (Å²) in [4.78, 5) is 12.9. The smallest absolute Gasteiger partial charge is 0.251 e. The van der Waals surface area contributed by atoms with Crippen LogP contribution in [0.1, 0.15) is 58.2 Å². The number of aromatic nitrogens is 2. The molecule has 1 amide bonds. The SMILES string of the molecule is CCn1ncc(C(C)NC(=O)c2ccc(OC)c(COc3cc(C)ccc3C)c2)c1C. The molecule has 6 heteroatoms. The number of methoxy groups -OCH3 is 1. The molecule has 6 nitrogen and oxygen atoms in total. The molecule has 1 heterocycles. The number of aryl methyl sites for hydroxylation is 3. The summed E-state index contributed by atoms with van der Waals surface area (Å²) in [6, 6.07) is 11.4. The maximum absolute atomic E-state index is 12.9. The van der Waals surface area contributed by atoms with E-state index in [0.717, 1.165) is 40.2 Å². The summed E-state index contributed by atoms with van der Waals surface area (Å²) in [5, 5.41) is 7.44. The number of hydrogen-bond donors (Lipinski definition) is 1. The maximum Gasteiger partial charge on any atom is 0.251 e. The van der Waals surface area contributed by atoms with Crippen LogP contribution >= 0.6 is 0 Å². The molecule has 0 saturated heterocycles. The van der Waals surface area contributed by atoms with Crippen LogP contribution in [0.15, 0.2) is 42.6 Å². The van der Waals surface area contributed by atoms with Crippen molar-refractivity contribution in [2.24, 2.45) is 0 Å². The second-order valence-corrected chi connectivity index (χ2v) is 7.78. The van der Waals surface area contributed by atoms with E-state index in [0.29, 0.717) is 17.9 Å². The highest BCUT2D eigenvalue weighted by atomic mass is 16.5. The lowest BCUT2D eigenvalue weighted by atomic mass is 10.1. The zero-order valence-electron chi connectivity index (χ0n) is 19.2. The summed E-state index contributed by atoms with van der Waals surface area (Å²) < 4.78 is 13.4. The molecule has 1 aromatic heterocycles. The lowest BCUT2D eigenvalue weighted by molar-refractivity contribution is 0.0939. The zero-order valence-corrected chi connectivity index (χ0v) is 19.2. The normalized spacial score (nSPS) is 11.8. The lowest BCUT2D eigenvalue weighted by Crippen LogP contribution is -2.27. The van der Waals surface area contributed by atoms with Gasteiger partial charge in [0.15, 0.2) is 0 Å². The molecule has 1 N–H and O–H groups in total. The Hall–Kier alpha value is -3.28. The minimum atomic E-state index is -0.149. The first-order chi connectivity index (χ1) is 14.8. The predicted molar refractivity (Wildman–Crippen MR) is 122 cm³/mol. The van der Waals surface area contributed by atoms with Crippen LogP contribution in [-0.4, -0.2) is 22.8 Å². The molecule has 0 saturated carbocycles. The number of nitrogens with one attached hydrogen (secondary N) is 1. The predicted octanol–water partition coefficient (Wildman–Crippen LogP) is 4.91. The van der Waals surface area contributed by atoms with Gasteiger partial charge in [0, 0.05) is 28.9 Å². The Morgan fingerprint density at radius 2 is 1.90 bits per heavy atom. The van der Waals surface area contributed by atoms with E-state index >= 15 is 0 Å². The lowest BCUT2D eigenvalue weighted by Gasteiger charge is -2.16. The van der Waals surface area contributed by atoms with Crippen molar-refractivity contribution in [2.45, 2.75) is 53.8 Å². The summed E-state index contributed by atoms with van der Waals surface area (Å²) >= 11 is 0. The Labute approximate surface area is 184 Å². The molecule has 3 rings (SSSR count). The third-order valence-electron chi connectivity index (χ3n) is 5.52. The van der Waals surface area contributed by atoms with Crippen molar-refractivity contribution < 1.29 is 14.3 Å². The molecule has 0 aliphatic rings. The van der Waals surface area contributed by atoms with Crippen molar-refractivity contribution in [3.8, 4) is 11.5 Å². The highest BCUT2D eigenvalue weighted by Crippen LogP contribution is 2.25. The monoisotopic (exact) mass is 421 g/mol. The van der Waals surface area contributed by atoms with Gasteiger partial charge in [-0.15, -0.1) is 0 Å². The number of hydrogen-bond acceptors (Lipinski definition) is 4. The minimum Gasteiger partial charge on any atom is -0.496 e. The van der Waals surface area contributed by atoms with Crippen molar-refractivity contribution in [1.29, 1.82) is 0 Å². The molecule has 0 fully saturated rings. The highest BCUT2D eigenvalue weighted by Gasteiger charge is 2.17. The second-order valence-electron chi connectivity index (χ2n) is 7.78. The quantitative estimate of drug-likeness (QED) is 0.561. The first-order valence-corrected chi connectivity index (χ1v) is 10.5. The Bertz CT molecular complexity index is 1070. The molecule has 0 bridgehead atoms. The Morgan fingerprint density at radius 3 is 2.58 bits per heavy atom. The number of carbonyl (C=O) groups is 1. The molecular weight excluding hydrogens is 390 g/mol. The van der Waals surface area contributed by atoms with Gasteiger partial charge in [-0.25, -0.2) is 0 Å². The van der Waals surface area contributed by atoms with E-state index in [4.69, 9.17) is 9.47 Å². The molecule has 2 aromatic carbocycles. The summed E-state index contributed by atoms with van der Waals surface area (Å²) in [6.07, 6.45) is 1.82. The Morgan fingerprint density at radius 1 is 1.13 bits per heavy atom. The summed E-state index contributed by atoms with van der Waals surface area (Å²) in [7, 11) is 1.62. The average Bonchev–Trinajstić information content (AvgIpc) is 3.14. The largest absolute Gasteiger partial charge is 0.496 e.